The smallest absolute Gasteiger partial charge is 0.334 e. The van der Waals surface area contributed by atoms with Gasteiger partial charge in [0.1, 0.15) is 0 Å². The molecule has 0 fully saturated rings. The van der Waals surface area contributed by atoms with Gasteiger partial charge >= 0.3 is 5.97 Å². The molecule has 2 rings (SSSR count). The number of Topliss-reactive ketones (excluding diaryl/α,β-unsaturated/α-hetero) is 1. The third-order valence-electron chi connectivity index (χ3n) is 5.17. The molecule has 0 unspecified atom stereocenters. The molecule has 0 radical (unpaired) electrons. The maximum Gasteiger partial charge on any atom is 0.334 e. The third kappa shape index (κ3) is 6.92. The van der Waals surface area contributed by atoms with Crippen molar-refractivity contribution in [1.29, 1.82) is 0 Å². The van der Waals surface area contributed by atoms with Gasteiger partial charge in [0, 0.05) is 17.6 Å². The maximum absolute atomic E-state index is 12.6. The van der Waals surface area contributed by atoms with Crippen molar-refractivity contribution in [1.82, 2.24) is 0 Å². The van der Waals surface area contributed by atoms with Crippen LogP contribution in [0.3, 0.4) is 0 Å². The van der Waals surface area contributed by atoms with Gasteiger partial charge in [-0.3, -0.25) is 4.79 Å². The monoisotopic (exact) mass is 416 g/mol. The van der Waals surface area contributed by atoms with E-state index in [1.165, 1.54) is 0 Å². The topological polar surface area (TPSA) is 43.4 Å². The number of carbonyl (C=O) groups is 2. The van der Waals surface area contributed by atoms with E-state index in [2.05, 4.69) is 24.3 Å². The van der Waals surface area contributed by atoms with E-state index in [-0.39, 0.29) is 11.8 Å². The number of hydrogen-bond acceptors (Lipinski definition) is 3. The summed E-state index contributed by atoms with van der Waals surface area (Å²) in [6.07, 6.45) is 9.44. The van der Waals surface area contributed by atoms with Crippen LogP contribution in [0.4, 0.5) is 0 Å². The minimum atomic E-state index is -0.281. The number of rotatable bonds is 9. The molecule has 0 N–H and O–H groups in total. The Labute approximate surface area is 186 Å². The molecule has 31 heavy (non-hydrogen) atoms. The lowest BCUT2D eigenvalue weighted by atomic mass is 9.94. The molecule has 0 bridgehead atoms. The first-order valence-corrected chi connectivity index (χ1v) is 10.7. The van der Waals surface area contributed by atoms with Crippen LogP contribution in [-0.4, -0.2) is 18.4 Å². The molecule has 0 aliphatic rings. The van der Waals surface area contributed by atoms with Gasteiger partial charge in [-0.05, 0) is 75.4 Å². The standard InChI is InChI=1S/C28H32O3/c1-6-9-10-23-15-16-25(24-13-11-22(12-14-24)21(5)29)18-26(23)19-27(17-20(4)7-2)28(30)31-8-3/h6-7,9,11-16,18-19H,8,10,17H2,1-5H3/b9-6-,20-7?,27-19+. The fourth-order valence-electron chi connectivity index (χ4n) is 3.23. The van der Waals surface area contributed by atoms with E-state index in [1.54, 1.807) is 6.92 Å². The number of hydrogen-bond donors (Lipinski definition) is 0. The van der Waals surface area contributed by atoms with Crippen LogP contribution in [0.15, 0.2) is 71.8 Å². The Morgan fingerprint density at radius 3 is 2.23 bits per heavy atom. The number of ketones is 1. The van der Waals surface area contributed by atoms with Gasteiger partial charge in [-0.15, -0.1) is 0 Å². The van der Waals surface area contributed by atoms with Gasteiger partial charge in [0.25, 0.3) is 0 Å². The minimum Gasteiger partial charge on any atom is -0.463 e. The van der Waals surface area contributed by atoms with Gasteiger partial charge in [0.15, 0.2) is 5.78 Å². The van der Waals surface area contributed by atoms with Crippen molar-refractivity contribution in [2.24, 2.45) is 0 Å². The predicted molar refractivity (Wildman–Crippen MR) is 129 cm³/mol. The highest BCUT2D eigenvalue weighted by atomic mass is 16.5. The second-order valence-corrected chi connectivity index (χ2v) is 7.52. The largest absolute Gasteiger partial charge is 0.463 e. The molecule has 0 saturated carbocycles. The first kappa shape index (κ1) is 24.1. The highest BCUT2D eigenvalue weighted by Crippen LogP contribution is 2.27. The summed E-state index contributed by atoms with van der Waals surface area (Å²) >= 11 is 0. The van der Waals surface area contributed by atoms with E-state index in [1.807, 2.05) is 70.2 Å². The molecule has 0 aliphatic heterocycles. The molecular weight excluding hydrogens is 384 g/mol. The lowest BCUT2D eigenvalue weighted by molar-refractivity contribution is -0.138. The second-order valence-electron chi connectivity index (χ2n) is 7.52. The summed E-state index contributed by atoms with van der Waals surface area (Å²) in [5.74, 6) is -0.229. The molecule has 0 amide bonds. The zero-order valence-corrected chi connectivity index (χ0v) is 19.2. The summed E-state index contributed by atoms with van der Waals surface area (Å²) in [6.45, 7) is 9.72. The average Bonchev–Trinajstić information content (AvgIpc) is 2.77. The van der Waals surface area contributed by atoms with Gasteiger partial charge in [-0.25, -0.2) is 4.79 Å². The minimum absolute atomic E-state index is 0.0512. The van der Waals surface area contributed by atoms with Gasteiger partial charge in [-0.2, -0.15) is 0 Å². The summed E-state index contributed by atoms with van der Waals surface area (Å²) in [5.41, 5.74) is 6.66. The van der Waals surface area contributed by atoms with Crippen LogP contribution in [0.25, 0.3) is 17.2 Å². The fraction of sp³-hybridized carbons (Fsp3) is 0.286. The van der Waals surface area contributed by atoms with Crippen LogP contribution >= 0.6 is 0 Å². The molecular formula is C28H32O3. The number of benzene rings is 2. The normalized spacial score (nSPS) is 12.3. The van der Waals surface area contributed by atoms with Crippen LogP contribution in [0.5, 0.6) is 0 Å². The van der Waals surface area contributed by atoms with Crippen LogP contribution in [0.2, 0.25) is 0 Å². The van der Waals surface area contributed by atoms with Crippen molar-refractivity contribution in [2.75, 3.05) is 6.61 Å². The highest BCUT2D eigenvalue weighted by molar-refractivity contribution is 5.95. The first-order chi connectivity index (χ1) is 14.9. The van der Waals surface area contributed by atoms with Crippen molar-refractivity contribution in [3.05, 3.63) is 88.5 Å². The molecule has 0 saturated heterocycles. The quantitative estimate of drug-likeness (QED) is 0.192. The van der Waals surface area contributed by atoms with Crippen molar-refractivity contribution < 1.29 is 14.3 Å². The Morgan fingerprint density at radius 1 is 0.968 bits per heavy atom. The average molecular weight is 417 g/mol. The van der Waals surface area contributed by atoms with Crippen molar-refractivity contribution >= 4 is 17.8 Å². The lowest BCUT2D eigenvalue weighted by Gasteiger charge is -2.12. The number of allylic oxidation sites excluding steroid dienone is 4. The molecule has 3 nitrogen and oxygen atoms in total. The predicted octanol–water partition coefficient (Wildman–Crippen LogP) is 6.98. The zero-order valence-electron chi connectivity index (χ0n) is 19.2. The Balaban J connectivity index is 2.56. The van der Waals surface area contributed by atoms with E-state index in [0.717, 1.165) is 34.2 Å². The summed E-state index contributed by atoms with van der Waals surface area (Å²) in [7, 11) is 0. The summed E-state index contributed by atoms with van der Waals surface area (Å²) in [4.78, 5) is 24.2. The number of ether oxygens (including phenoxy) is 1. The van der Waals surface area contributed by atoms with Crippen molar-refractivity contribution in [3.63, 3.8) is 0 Å². The molecule has 0 aliphatic carbocycles. The molecule has 2 aromatic carbocycles. The summed E-state index contributed by atoms with van der Waals surface area (Å²) in [5, 5.41) is 0. The van der Waals surface area contributed by atoms with Crippen LogP contribution in [0, 0.1) is 0 Å². The molecule has 162 valence electrons. The van der Waals surface area contributed by atoms with Gasteiger partial charge < -0.3 is 4.74 Å². The Kier molecular flexibility index (Phi) is 9.20. The number of carbonyl (C=O) groups excluding carboxylic acids is 2. The Hall–Kier alpha value is -3.20. The first-order valence-electron chi connectivity index (χ1n) is 10.7. The van der Waals surface area contributed by atoms with Crippen LogP contribution in [-0.2, 0) is 16.0 Å². The molecule has 0 heterocycles. The lowest BCUT2D eigenvalue weighted by Crippen LogP contribution is -2.08. The van der Waals surface area contributed by atoms with E-state index in [4.69, 9.17) is 4.74 Å². The van der Waals surface area contributed by atoms with Gasteiger partial charge in [0.2, 0.25) is 0 Å². The summed E-state index contributed by atoms with van der Waals surface area (Å²) < 4.78 is 5.31. The maximum atomic E-state index is 12.6. The van der Waals surface area contributed by atoms with Crippen molar-refractivity contribution in [3.8, 4) is 11.1 Å². The Morgan fingerprint density at radius 2 is 1.65 bits per heavy atom. The van der Waals surface area contributed by atoms with Crippen LogP contribution in [0.1, 0.15) is 62.5 Å². The van der Waals surface area contributed by atoms with E-state index < -0.39 is 0 Å². The molecule has 0 atom stereocenters. The molecule has 0 aromatic heterocycles. The number of esters is 1. The SMILES string of the molecule is CC=C(C)C/C(=C\c1cc(-c2ccc(C(C)=O)cc2)ccc1C/C=C\C)C(=O)OCC. The molecule has 0 spiro atoms. The summed E-state index contributed by atoms with van der Waals surface area (Å²) in [6, 6.07) is 13.9. The second kappa shape index (κ2) is 11.8. The zero-order chi connectivity index (χ0) is 22.8. The Bertz CT molecular complexity index is 1010. The van der Waals surface area contributed by atoms with Gasteiger partial charge in [-0.1, -0.05) is 60.2 Å². The van der Waals surface area contributed by atoms with Crippen LogP contribution < -0.4 is 0 Å². The third-order valence-corrected chi connectivity index (χ3v) is 5.17. The van der Waals surface area contributed by atoms with Gasteiger partial charge in [0.05, 0.1) is 6.61 Å². The fourth-order valence-corrected chi connectivity index (χ4v) is 3.23. The highest BCUT2D eigenvalue weighted by Gasteiger charge is 2.13. The van der Waals surface area contributed by atoms with E-state index in [0.29, 0.717) is 24.2 Å². The van der Waals surface area contributed by atoms with Crippen molar-refractivity contribution in [2.45, 2.75) is 47.5 Å². The van der Waals surface area contributed by atoms with E-state index >= 15 is 0 Å². The molecule has 2 aromatic rings. The molecule has 3 heteroatoms. The van der Waals surface area contributed by atoms with E-state index in [9.17, 15) is 9.59 Å².